The molecule has 3 N–H and O–H groups in total. The fraction of sp³-hybridized carbons (Fsp3) is 0.889. The summed E-state index contributed by atoms with van der Waals surface area (Å²) >= 11 is 7.32. The second kappa shape index (κ2) is 6.26. The lowest BCUT2D eigenvalue weighted by Gasteiger charge is -2.15. The van der Waals surface area contributed by atoms with Gasteiger partial charge in [-0.05, 0) is 0 Å². The number of hydrogen-bond donors (Lipinski definition) is 2. The number of amides is 1. The van der Waals surface area contributed by atoms with Crippen molar-refractivity contribution in [2.24, 2.45) is 5.73 Å². The number of nitrogens with two attached hydrogens (primary N) is 1. The monoisotopic (exact) mass is 300 g/mol. The highest BCUT2D eigenvalue weighted by molar-refractivity contribution is 8.00. The summed E-state index contributed by atoms with van der Waals surface area (Å²) in [6.45, 7) is 2.44. The number of carbonyl (C=O) groups excluding carboxylic acids is 1. The molecule has 1 aliphatic heterocycles. The van der Waals surface area contributed by atoms with Gasteiger partial charge in [-0.25, -0.2) is 8.42 Å². The second-order valence-corrected chi connectivity index (χ2v) is 8.27. The van der Waals surface area contributed by atoms with Gasteiger partial charge in [0.2, 0.25) is 5.91 Å². The number of nitrogens with one attached hydrogen (secondary N) is 1. The number of rotatable bonds is 5. The lowest BCUT2D eigenvalue weighted by Crippen LogP contribution is -2.41. The van der Waals surface area contributed by atoms with Crippen molar-refractivity contribution in [2.45, 2.75) is 23.6 Å². The summed E-state index contributed by atoms with van der Waals surface area (Å²) < 4.78 is 22.6. The summed E-state index contributed by atoms with van der Waals surface area (Å²) in [6.07, 6.45) is 0. The summed E-state index contributed by atoms with van der Waals surface area (Å²) in [7, 11) is -3.10. The standard InChI is InChI=1S/C9H17ClN2O3S2/c1-6(2-11)16-3-9(13)12-8-5-17(14,15)4-7(8)10/h6-8H,2-5,11H2,1H3,(H,12,13). The molecule has 1 heterocycles. The molecule has 0 saturated carbocycles. The van der Waals surface area contributed by atoms with E-state index >= 15 is 0 Å². The van der Waals surface area contributed by atoms with Crippen LogP contribution in [0.5, 0.6) is 0 Å². The first-order chi connectivity index (χ1) is 7.84. The van der Waals surface area contributed by atoms with Crippen LogP contribution in [-0.2, 0) is 14.6 Å². The Morgan fingerprint density at radius 2 is 2.24 bits per heavy atom. The molecule has 100 valence electrons. The molecular weight excluding hydrogens is 284 g/mol. The Kier molecular flexibility index (Phi) is 5.56. The lowest BCUT2D eigenvalue weighted by atomic mass is 10.2. The number of hydrogen-bond acceptors (Lipinski definition) is 5. The van der Waals surface area contributed by atoms with Crippen molar-refractivity contribution in [1.82, 2.24) is 5.32 Å². The maximum atomic E-state index is 11.5. The molecular formula is C9H17ClN2O3S2. The Morgan fingerprint density at radius 1 is 1.59 bits per heavy atom. The van der Waals surface area contributed by atoms with Gasteiger partial charge in [-0.2, -0.15) is 0 Å². The van der Waals surface area contributed by atoms with E-state index in [4.69, 9.17) is 17.3 Å². The molecule has 1 rings (SSSR count). The molecule has 0 spiro atoms. The van der Waals surface area contributed by atoms with Crippen molar-refractivity contribution in [1.29, 1.82) is 0 Å². The van der Waals surface area contributed by atoms with Gasteiger partial charge >= 0.3 is 0 Å². The van der Waals surface area contributed by atoms with E-state index in [0.29, 0.717) is 6.54 Å². The van der Waals surface area contributed by atoms with Crippen LogP contribution < -0.4 is 11.1 Å². The first-order valence-electron chi connectivity index (χ1n) is 5.29. The second-order valence-electron chi connectivity index (χ2n) is 4.12. The van der Waals surface area contributed by atoms with Crippen LogP contribution in [0.3, 0.4) is 0 Å². The third kappa shape index (κ3) is 5.03. The molecule has 1 fully saturated rings. The maximum Gasteiger partial charge on any atom is 0.230 e. The summed E-state index contributed by atoms with van der Waals surface area (Å²) in [5.41, 5.74) is 5.43. The topological polar surface area (TPSA) is 89.3 Å². The molecule has 3 unspecified atom stereocenters. The number of sulfone groups is 1. The molecule has 1 amide bonds. The smallest absolute Gasteiger partial charge is 0.230 e. The quantitative estimate of drug-likeness (QED) is 0.674. The van der Waals surface area contributed by atoms with E-state index in [1.54, 1.807) is 0 Å². The number of carbonyl (C=O) groups is 1. The molecule has 0 aromatic heterocycles. The van der Waals surface area contributed by atoms with Crippen LogP contribution in [0, 0.1) is 0 Å². The molecule has 8 heteroatoms. The highest BCUT2D eigenvalue weighted by Gasteiger charge is 2.37. The molecule has 0 bridgehead atoms. The number of alkyl halides is 1. The summed E-state index contributed by atoms with van der Waals surface area (Å²) in [6, 6.07) is -0.469. The minimum Gasteiger partial charge on any atom is -0.350 e. The van der Waals surface area contributed by atoms with Crippen molar-refractivity contribution in [3.05, 3.63) is 0 Å². The minimum atomic E-state index is -3.10. The average Bonchev–Trinajstić information content (AvgIpc) is 2.48. The van der Waals surface area contributed by atoms with Gasteiger partial charge in [-0.3, -0.25) is 4.79 Å². The first-order valence-corrected chi connectivity index (χ1v) is 8.60. The zero-order valence-corrected chi connectivity index (χ0v) is 11.9. The fourth-order valence-electron chi connectivity index (χ4n) is 1.47. The molecule has 0 aliphatic carbocycles. The van der Waals surface area contributed by atoms with Gasteiger partial charge < -0.3 is 11.1 Å². The Hall–Kier alpha value is 0.0200. The Labute approximate surface area is 111 Å². The molecule has 3 atom stereocenters. The van der Waals surface area contributed by atoms with Gasteiger partial charge in [0.25, 0.3) is 0 Å². The maximum absolute atomic E-state index is 11.5. The number of thioether (sulfide) groups is 1. The van der Waals surface area contributed by atoms with Gasteiger partial charge in [0.1, 0.15) is 0 Å². The van der Waals surface area contributed by atoms with Crippen LogP contribution in [0.15, 0.2) is 0 Å². The zero-order chi connectivity index (χ0) is 13.1. The van der Waals surface area contributed by atoms with Crippen molar-refractivity contribution >= 4 is 39.1 Å². The van der Waals surface area contributed by atoms with Crippen LogP contribution in [0.2, 0.25) is 0 Å². The predicted octanol–water partition coefficient (Wildman–Crippen LogP) is -0.413. The largest absolute Gasteiger partial charge is 0.350 e. The van der Waals surface area contributed by atoms with Crippen LogP contribution in [-0.4, -0.2) is 54.8 Å². The lowest BCUT2D eigenvalue weighted by molar-refractivity contribution is -0.119. The fourth-order valence-corrected chi connectivity index (χ4v) is 4.68. The van der Waals surface area contributed by atoms with Gasteiger partial charge in [-0.1, -0.05) is 6.92 Å². The molecule has 1 saturated heterocycles. The third-order valence-electron chi connectivity index (χ3n) is 2.46. The first kappa shape index (κ1) is 15.1. The van der Waals surface area contributed by atoms with E-state index in [0.717, 1.165) is 0 Å². The Balaban J connectivity index is 2.37. The SMILES string of the molecule is CC(CN)SCC(=O)NC1CS(=O)(=O)CC1Cl. The normalized spacial score (nSPS) is 28.9. The molecule has 5 nitrogen and oxygen atoms in total. The van der Waals surface area contributed by atoms with Gasteiger partial charge in [0.05, 0.1) is 28.7 Å². The average molecular weight is 301 g/mol. The van der Waals surface area contributed by atoms with Gasteiger partial charge in [-0.15, -0.1) is 23.4 Å². The van der Waals surface area contributed by atoms with Crippen molar-refractivity contribution < 1.29 is 13.2 Å². The molecule has 1 aliphatic rings. The van der Waals surface area contributed by atoms with Gasteiger partial charge in [0, 0.05) is 11.8 Å². The van der Waals surface area contributed by atoms with Crippen molar-refractivity contribution in [2.75, 3.05) is 23.8 Å². The van der Waals surface area contributed by atoms with Crippen LogP contribution in [0.4, 0.5) is 0 Å². The highest BCUT2D eigenvalue weighted by atomic mass is 35.5. The molecule has 0 aromatic rings. The van der Waals surface area contributed by atoms with Crippen LogP contribution >= 0.6 is 23.4 Å². The molecule has 0 radical (unpaired) electrons. The van der Waals surface area contributed by atoms with Crippen molar-refractivity contribution in [3.8, 4) is 0 Å². The molecule has 17 heavy (non-hydrogen) atoms. The summed E-state index contributed by atoms with van der Waals surface area (Å²) in [5, 5.41) is 2.33. The van der Waals surface area contributed by atoms with E-state index in [1.165, 1.54) is 11.8 Å². The predicted molar refractivity (Wildman–Crippen MR) is 71.2 cm³/mol. The Bertz CT molecular complexity index is 374. The van der Waals surface area contributed by atoms with E-state index in [9.17, 15) is 13.2 Å². The van der Waals surface area contributed by atoms with Crippen LogP contribution in [0.25, 0.3) is 0 Å². The van der Waals surface area contributed by atoms with E-state index < -0.39 is 21.3 Å². The highest BCUT2D eigenvalue weighted by Crippen LogP contribution is 2.18. The van der Waals surface area contributed by atoms with Crippen molar-refractivity contribution in [3.63, 3.8) is 0 Å². The van der Waals surface area contributed by atoms with E-state index in [1.807, 2.05) is 6.92 Å². The third-order valence-corrected chi connectivity index (χ3v) is 6.03. The van der Waals surface area contributed by atoms with E-state index in [-0.39, 0.29) is 28.4 Å². The minimum absolute atomic E-state index is 0.0636. The Morgan fingerprint density at radius 3 is 2.71 bits per heavy atom. The summed E-state index contributed by atoms with van der Waals surface area (Å²) in [4.78, 5) is 11.5. The zero-order valence-electron chi connectivity index (χ0n) is 9.56. The number of halogens is 1. The van der Waals surface area contributed by atoms with E-state index in [2.05, 4.69) is 5.32 Å². The molecule has 0 aromatic carbocycles. The summed E-state index contributed by atoms with van der Waals surface area (Å²) in [5.74, 6) is -0.0444. The van der Waals surface area contributed by atoms with Crippen LogP contribution in [0.1, 0.15) is 6.92 Å². The van der Waals surface area contributed by atoms with Gasteiger partial charge in [0.15, 0.2) is 9.84 Å².